The minimum atomic E-state index is -2.07. The van der Waals surface area contributed by atoms with Crippen LogP contribution in [0.3, 0.4) is 0 Å². The molecule has 0 aliphatic heterocycles. The Balaban J connectivity index is 2.50. The predicted molar refractivity (Wildman–Crippen MR) is 96.5 cm³/mol. The van der Waals surface area contributed by atoms with Crippen molar-refractivity contribution in [3.63, 3.8) is 0 Å². The normalized spacial score (nSPS) is 17.4. The molecule has 5 heteroatoms. The van der Waals surface area contributed by atoms with Crippen LogP contribution in [0, 0.1) is 0 Å². The minimum absolute atomic E-state index is 0.0539. The molecule has 0 heterocycles. The van der Waals surface area contributed by atoms with Gasteiger partial charge >= 0.3 is 8.25 Å². The zero-order valence-corrected chi connectivity index (χ0v) is 16.3. The Labute approximate surface area is 144 Å². The van der Waals surface area contributed by atoms with Crippen LogP contribution >= 0.6 is 8.25 Å². The Morgan fingerprint density at radius 2 is 1.57 bits per heavy atom. The van der Waals surface area contributed by atoms with Crippen LogP contribution in [-0.2, 0) is 13.7 Å². The van der Waals surface area contributed by atoms with E-state index >= 15 is 0 Å². The third-order valence-electron chi connectivity index (χ3n) is 4.87. The van der Waals surface area contributed by atoms with E-state index in [1.807, 2.05) is 0 Å². The molecule has 1 rings (SSSR count). The Morgan fingerprint density at radius 3 is 2.09 bits per heavy atom. The molecule has 4 nitrogen and oxygen atoms in total. The Morgan fingerprint density at radius 1 is 0.957 bits per heavy atom. The molecule has 1 aliphatic rings. The van der Waals surface area contributed by atoms with Crippen molar-refractivity contribution in [3.8, 4) is 0 Å². The van der Waals surface area contributed by atoms with Crippen LogP contribution in [0.4, 0.5) is 0 Å². The maximum atomic E-state index is 12.2. The molecule has 0 aromatic carbocycles. The van der Waals surface area contributed by atoms with Gasteiger partial charge in [-0.1, -0.05) is 72.1 Å². The van der Waals surface area contributed by atoms with Gasteiger partial charge in [-0.05, 0) is 36.7 Å². The highest BCUT2D eigenvalue weighted by Crippen LogP contribution is 2.34. The Hall–Kier alpha value is -0.0200. The topological polar surface area (TPSA) is 47.6 Å². The fourth-order valence-corrected chi connectivity index (χ4v) is 4.25. The first-order valence-electron chi connectivity index (χ1n) is 9.74. The molecule has 1 atom stereocenters. The number of nitrogens with one attached hydrogen (secondary N) is 1. The van der Waals surface area contributed by atoms with Crippen LogP contribution < -0.4 is 5.48 Å². The summed E-state index contributed by atoms with van der Waals surface area (Å²) in [5.41, 5.74) is 3.13. The molecule has 0 amide bonds. The lowest BCUT2D eigenvalue weighted by atomic mass is 9.84. The van der Waals surface area contributed by atoms with Gasteiger partial charge in [0.05, 0.1) is 0 Å². The van der Waals surface area contributed by atoms with Gasteiger partial charge in [-0.3, -0.25) is 0 Å². The van der Waals surface area contributed by atoms with Crippen molar-refractivity contribution in [2.24, 2.45) is 0 Å². The molecule has 1 saturated carbocycles. The van der Waals surface area contributed by atoms with Crippen molar-refractivity contribution < 1.29 is 13.7 Å². The monoisotopic (exact) mass is 346 g/mol. The van der Waals surface area contributed by atoms with E-state index in [1.165, 1.54) is 44.9 Å². The predicted octanol–water partition coefficient (Wildman–Crippen LogP) is 6.43. The molecule has 1 N–H and O–H groups in total. The van der Waals surface area contributed by atoms with Gasteiger partial charge in [0.25, 0.3) is 0 Å². The molecule has 0 radical (unpaired) electrons. The van der Waals surface area contributed by atoms with Gasteiger partial charge in [0, 0.05) is 10.1 Å². The SMILES string of the molecule is CCCCC(CCC)(CCCC)NO[P+](=O)OC1CCCCC1. The first-order chi connectivity index (χ1) is 11.2. The molecule has 0 aromatic rings. The van der Waals surface area contributed by atoms with Crippen LogP contribution in [0.5, 0.6) is 0 Å². The van der Waals surface area contributed by atoms with Gasteiger partial charge in [-0.2, -0.15) is 0 Å². The molecule has 136 valence electrons. The lowest BCUT2D eigenvalue weighted by Crippen LogP contribution is -2.44. The van der Waals surface area contributed by atoms with Gasteiger partial charge in [-0.15, -0.1) is 10.0 Å². The van der Waals surface area contributed by atoms with E-state index in [4.69, 9.17) is 9.15 Å². The molecule has 0 spiro atoms. The highest BCUT2D eigenvalue weighted by Gasteiger charge is 2.35. The van der Waals surface area contributed by atoms with E-state index < -0.39 is 8.25 Å². The highest BCUT2D eigenvalue weighted by molar-refractivity contribution is 7.33. The summed E-state index contributed by atoms with van der Waals surface area (Å²) in [5.74, 6) is 0. The van der Waals surface area contributed by atoms with Gasteiger partial charge in [-0.25, -0.2) is 0 Å². The molecule has 23 heavy (non-hydrogen) atoms. The summed E-state index contributed by atoms with van der Waals surface area (Å²) in [4.78, 5) is 0. The Bertz CT molecular complexity index is 311. The average Bonchev–Trinajstić information content (AvgIpc) is 2.57. The van der Waals surface area contributed by atoms with E-state index in [0.29, 0.717) is 0 Å². The second-order valence-corrected chi connectivity index (χ2v) is 7.86. The maximum Gasteiger partial charge on any atom is 0.716 e. The van der Waals surface area contributed by atoms with Crippen molar-refractivity contribution in [1.29, 1.82) is 0 Å². The van der Waals surface area contributed by atoms with Gasteiger partial charge in [0.1, 0.15) is 6.10 Å². The molecule has 0 aromatic heterocycles. The molecular formula is C18H37NO3P+. The summed E-state index contributed by atoms with van der Waals surface area (Å²) in [6.07, 6.45) is 14.7. The van der Waals surface area contributed by atoms with Crippen LogP contribution in [0.15, 0.2) is 0 Å². The quantitative estimate of drug-likeness (QED) is 0.308. The molecule has 1 fully saturated rings. The smallest absolute Gasteiger partial charge is 0.143 e. The maximum absolute atomic E-state index is 12.2. The van der Waals surface area contributed by atoms with Crippen molar-refractivity contribution in [3.05, 3.63) is 0 Å². The van der Waals surface area contributed by atoms with Crippen molar-refractivity contribution in [1.82, 2.24) is 5.48 Å². The van der Waals surface area contributed by atoms with Crippen LogP contribution in [0.1, 0.15) is 104 Å². The minimum Gasteiger partial charge on any atom is -0.143 e. The van der Waals surface area contributed by atoms with E-state index in [0.717, 1.165) is 38.5 Å². The standard InChI is InChI=1S/C18H37NO3P/c1-4-7-15-18(14-6-3,16-8-5-2)19-22-23(20)21-17-12-10-9-11-13-17/h17,19H,4-16H2,1-3H3/q+1. The van der Waals surface area contributed by atoms with E-state index in [-0.39, 0.29) is 11.6 Å². The van der Waals surface area contributed by atoms with E-state index in [1.54, 1.807) is 0 Å². The average molecular weight is 346 g/mol. The van der Waals surface area contributed by atoms with E-state index in [9.17, 15) is 4.57 Å². The molecule has 1 aliphatic carbocycles. The lowest BCUT2D eigenvalue weighted by Gasteiger charge is -2.32. The van der Waals surface area contributed by atoms with Crippen molar-refractivity contribution in [2.75, 3.05) is 0 Å². The third kappa shape index (κ3) is 8.58. The number of hydrogen-bond donors (Lipinski definition) is 1. The van der Waals surface area contributed by atoms with Gasteiger partial charge in [0.2, 0.25) is 0 Å². The van der Waals surface area contributed by atoms with Gasteiger partial charge in [0.15, 0.2) is 0 Å². The zero-order valence-electron chi connectivity index (χ0n) is 15.4. The molecule has 0 saturated heterocycles. The van der Waals surface area contributed by atoms with Crippen LogP contribution in [0.2, 0.25) is 0 Å². The molecule has 0 bridgehead atoms. The summed E-state index contributed by atoms with van der Waals surface area (Å²) in [7, 11) is -2.07. The highest BCUT2D eigenvalue weighted by atomic mass is 31.1. The summed E-state index contributed by atoms with van der Waals surface area (Å²) in [6, 6.07) is 0. The van der Waals surface area contributed by atoms with Crippen molar-refractivity contribution in [2.45, 2.75) is 116 Å². The number of hydrogen-bond acceptors (Lipinski definition) is 4. The number of rotatable bonds is 13. The summed E-state index contributed by atoms with van der Waals surface area (Å²) in [5, 5.41) is 0. The second kappa shape index (κ2) is 12.4. The summed E-state index contributed by atoms with van der Waals surface area (Å²) in [6.45, 7) is 6.63. The molecular weight excluding hydrogens is 309 g/mol. The van der Waals surface area contributed by atoms with Gasteiger partial charge < -0.3 is 0 Å². The van der Waals surface area contributed by atoms with Crippen LogP contribution in [-0.4, -0.2) is 11.6 Å². The Kier molecular flexibility index (Phi) is 11.3. The second-order valence-electron chi connectivity index (χ2n) is 7.02. The summed E-state index contributed by atoms with van der Waals surface area (Å²) < 4.78 is 23.2. The largest absolute Gasteiger partial charge is 0.716 e. The lowest BCUT2D eigenvalue weighted by molar-refractivity contribution is 0.0391. The third-order valence-corrected chi connectivity index (χ3v) is 5.58. The van der Waals surface area contributed by atoms with E-state index in [2.05, 4.69) is 26.3 Å². The van der Waals surface area contributed by atoms with Crippen LogP contribution in [0.25, 0.3) is 0 Å². The number of unbranched alkanes of at least 4 members (excludes halogenated alkanes) is 2. The van der Waals surface area contributed by atoms with Crippen molar-refractivity contribution >= 4 is 8.25 Å². The molecule has 1 unspecified atom stereocenters. The first kappa shape index (κ1) is 21.0. The fraction of sp³-hybridized carbons (Fsp3) is 1.00. The first-order valence-corrected chi connectivity index (χ1v) is 10.8. The summed E-state index contributed by atoms with van der Waals surface area (Å²) >= 11 is 0. The zero-order chi connectivity index (χ0) is 17.0. The number of hydroxylamine groups is 1. The fourth-order valence-electron chi connectivity index (χ4n) is 3.48.